The zero-order chi connectivity index (χ0) is 17.1. The average molecular weight is 376 g/mol. The topological polar surface area (TPSA) is 50.2 Å². The van der Waals surface area contributed by atoms with E-state index in [1.165, 1.54) is 11.8 Å². The number of nitrogens with zero attached hydrogens (tertiary/aromatic N) is 1. The Morgan fingerprint density at radius 1 is 1.00 bits per heavy atom. The summed E-state index contributed by atoms with van der Waals surface area (Å²) in [5, 5.41) is 11.0. The molecule has 0 aliphatic rings. The molecule has 2 aromatic carbocycles. The van der Waals surface area contributed by atoms with Crippen LogP contribution in [0.1, 0.15) is 10.4 Å². The molecule has 0 radical (unpaired) electrons. The smallest absolute Gasteiger partial charge is 0.335 e. The fourth-order valence-electron chi connectivity index (χ4n) is 2.11. The average Bonchev–Trinajstić information content (AvgIpc) is 2.58. The quantitative estimate of drug-likeness (QED) is 0.616. The van der Waals surface area contributed by atoms with Gasteiger partial charge in [-0.05, 0) is 42.5 Å². The molecule has 0 spiro atoms. The van der Waals surface area contributed by atoms with Gasteiger partial charge < -0.3 is 5.11 Å². The lowest BCUT2D eigenvalue weighted by molar-refractivity contribution is 0.0697. The maximum absolute atomic E-state index is 11.1. The van der Waals surface area contributed by atoms with Crippen molar-refractivity contribution in [3.63, 3.8) is 0 Å². The molecule has 3 aromatic rings. The van der Waals surface area contributed by atoms with Gasteiger partial charge in [0.25, 0.3) is 0 Å². The molecule has 0 bridgehead atoms. The predicted molar refractivity (Wildman–Crippen MR) is 97.2 cm³/mol. The number of aromatic carboxylic acids is 1. The third-order valence-corrected chi connectivity index (χ3v) is 4.91. The van der Waals surface area contributed by atoms with Gasteiger partial charge >= 0.3 is 5.97 Å². The summed E-state index contributed by atoms with van der Waals surface area (Å²) >= 11 is 13.5. The third-order valence-electron chi connectivity index (χ3n) is 3.24. The summed E-state index contributed by atoms with van der Waals surface area (Å²) < 4.78 is 0. The summed E-state index contributed by atoms with van der Waals surface area (Å²) in [4.78, 5) is 16.5. The Bertz CT molecular complexity index is 915. The van der Waals surface area contributed by atoms with E-state index in [0.29, 0.717) is 15.7 Å². The molecule has 0 fully saturated rings. The van der Waals surface area contributed by atoms with Crippen molar-refractivity contribution >= 4 is 40.9 Å². The van der Waals surface area contributed by atoms with Crippen LogP contribution >= 0.6 is 35.0 Å². The second kappa shape index (κ2) is 7.26. The van der Waals surface area contributed by atoms with Crippen LogP contribution in [0.2, 0.25) is 10.0 Å². The molecule has 0 saturated carbocycles. The first kappa shape index (κ1) is 16.8. The monoisotopic (exact) mass is 375 g/mol. The summed E-state index contributed by atoms with van der Waals surface area (Å²) in [5.74, 6) is -0.963. The van der Waals surface area contributed by atoms with Crippen LogP contribution in [0.15, 0.2) is 70.6 Å². The Hall–Kier alpha value is -2.01. The number of benzene rings is 2. The molecule has 3 rings (SSSR count). The molecule has 0 atom stereocenters. The summed E-state index contributed by atoms with van der Waals surface area (Å²) in [5.41, 5.74) is 1.68. The molecule has 0 amide bonds. The van der Waals surface area contributed by atoms with E-state index in [1.54, 1.807) is 30.3 Å². The molecular formula is C18H11Cl2NO2S. The first-order valence-electron chi connectivity index (χ1n) is 6.96. The summed E-state index contributed by atoms with van der Waals surface area (Å²) in [7, 11) is 0. The molecule has 3 nitrogen and oxygen atoms in total. The molecule has 0 saturated heterocycles. The van der Waals surface area contributed by atoms with E-state index in [4.69, 9.17) is 28.3 Å². The number of carboxylic acid groups (broad SMARTS) is 1. The fraction of sp³-hybridized carbons (Fsp3) is 0. The normalized spacial score (nSPS) is 10.6. The fourth-order valence-corrected chi connectivity index (χ4v) is 3.45. The highest BCUT2D eigenvalue weighted by atomic mass is 35.5. The van der Waals surface area contributed by atoms with Gasteiger partial charge in [0.15, 0.2) is 0 Å². The molecule has 0 aliphatic heterocycles. The maximum atomic E-state index is 11.1. The number of aromatic nitrogens is 1. The molecule has 6 heteroatoms. The first-order valence-corrected chi connectivity index (χ1v) is 8.54. The minimum Gasteiger partial charge on any atom is -0.478 e. The van der Waals surface area contributed by atoms with E-state index in [1.807, 2.05) is 30.3 Å². The molecule has 0 unspecified atom stereocenters. The van der Waals surface area contributed by atoms with Gasteiger partial charge in [0.2, 0.25) is 0 Å². The summed E-state index contributed by atoms with van der Waals surface area (Å²) in [6.07, 6.45) is 0. The largest absolute Gasteiger partial charge is 0.478 e. The zero-order valence-electron chi connectivity index (χ0n) is 12.2. The van der Waals surface area contributed by atoms with Gasteiger partial charge in [0.1, 0.15) is 5.03 Å². The van der Waals surface area contributed by atoms with E-state index in [-0.39, 0.29) is 5.56 Å². The van der Waals surface area contributed by atoms with Crippen molar-refractivity contribution < 1.29 is 9.90 Å². The van der Waals surface area contributed by atoms with Crippen molar-refractivity contribution in [1.82, 2.24) is 4.98 Å². The van der Waals surface area contributed by atoms with Crippen molar-refractivity contribution in [1.29, 1.82) is 0 Å². The van der Waals surface area contributed by atoms with Crippen LogP contribution in [0.4, 0.5) is 0 Å². The second-order valence-electron chi connectivity index (χ2n) is 4.92. The van der Waals surface area contributed by atoms with E-state index >= 15 is 0 Å². The minimum absolute atomic E-state index is 0.230. The lowest BCUT2D eigenvalue weighted by Crippen LogP contribution is -1.96. The van der Waals surface area contributed by atoms with Crippen molar-refractivity contribution in [3.05, 3.63) is 76.3 Å². The first-order chi connectivity index (χ1) is 11.5. The lowest BCUT2D eigenvalue weighted by Gasteiger charge is -2.07. The zero-order valence-corrected chi connectivity index (χ0v) is 14.6. The highest BCUT2D eigenvalue weighted by molar-refractivity contribution is 7.99. The number of carbonyl (C=O) groups is 1. The van der Waals surface area contributed by atoms with Crippen LogP contribution in [0, 0.1) is 0 Å². The molecule has 1 N–H and O–H groups in total. The summed E-state index contributed by atoms with van der Waals surface area (Å²) in [6, 6.07) is 17.6. The number of pyridine rings is 1. The van der Waals surface area contributed by atoms with Crippen LogP contribution < -0.4 is 0 Å². The third kappa shape index (κ3) is 3.90. The van der Waals surface area contributed by atoms with Gasteiger partial charge in [-0.15, -0.1) is 0 Å². The van der Waals surface area contributed by atoms with Gasteiger partial charge in [-0.1, -0.05) is 53.2 Å². The molecule has 120 valence electrons. The van der Waals surface area contributed by atoms with Crippen molar-refractivity contribution in [2.75, 3.05) is 0 Å². The van der Waals surface area contributed by atoms with E-state index in [0.717, 1.165) is 15.5 Å². The molecular weight excluding hydrogens is 365 g/mol. The van der Waals surface area contributed by atoms with E-state index in [2.05, 4.69) is 4.98 Å². The van der Waals surface area contributed by atoms with Crippen molar-refractivity contribution in [2.24, 2.45) is 0 Å². The van der Waals surface area contributed by atoms with Crippen LogP contribution in [0.5, 0.6) is 0 Å². The number of rotatable bonds is 4. The van der Waals surface area contributed by atoms with Gasteiger partial charge in [-0.3, -0.25) is 0 Å². The van der Waals surface area contributed by atoms with Crippen LogP contribution in [-0.4, -0.2) is 16.1 Å². The van der Waals surface area contributed by atoms with Gasteiger partial charge in [0.05, 0.1) is 16.3 Å². The van der Waals surface area contributed by atoms with E-state index < -0.39 is 5.97 Å². The molecule has 1 heterocycles. The Morgan fingerprint density at radius 2 is 1.79 bits per heavy atom. The number of hydrogen-bond donors (Lipinski definition) is 1. The van der Waals surface area contributed by atoms with Crippen molar-refractivity contribution in [3.8, 4) is 11.3 Å². The maximum Gasteiger partial charge on any atom is 0.335 e. The Kier molecular flexibility index (Phi) is 5.09. The van der Waals surface area contributed by atoms with E-state index in [9.17, 15) is 4.79 Å². The Labute approximate surface area is 153 Å². The standard InChI is InChI=1S/C18H11Cl2NO2S/c19-13-7-8-16(14(20)10-13)24-17-6-2-5-15(21-17)11-3-1-4-12(9-11)18(22)23/h1-10H,(H,22,23). The number of halogens is 2. The van der Waals surface area contributed by atoms with Gasteiger partial charge in [-0.2, -0.15) is 0 Å². The number of carboxylic acids is 1. The predicted octanol–water partition coefficient (Wildman–Crippen LogP) is 5.90. The minimum atomic E-state index is -0.963. The van der Waals surface area contributed by atoms with Crippen LogP contribution in [-0.2, 0) is 0 Å². The highest BCUT2D eigenvalue weighted by Gasteiger charge is 2.08. The Morgan fingerprint density at radius 3 is 2.54 bits per heavy atom. The Balaban J connectivity index is 1.92. The summed E-state index contributed by atoms with van der Waals surface area (Å²) in [6.45, 7) is 0. The van der Waals surface area contributed by atoms with Crippen molar-refractivity contribution in [2.45, 2.75) is 9.92 Å². The molecule has 1 aromatic heterocycles. The number of hydrogen-bond acceptors (Lipinski definition) is 3. The van der Waals surface area contributed by atoms with Crippen LogP contribution in [0.25, 0.3) is 11.3 Å². The van der Waals surface area contributed by atoms with Gasteiger partial charge in [0, 0.05) is 15.5 Å². The highest BCUT2D eigenvalue weighted by Crippen LogP contribution is 2.34. The lowest BCUT2D eigenvalue weighted by atomic mass is 10.1. The van der Waals surface area contributed by atoms with Crippen LogP contribution in [0.3, 0.4) is 0 Å². The molecule has 24 heavy (non-hydrogen) atoms. The SMILES string of the molecule is O=C(O)c1cccc(-c2cccc(Sc3ccc(Cl)cc3Cl)n2)c1. The van der Waals surface area contributed by atoms with Gasteiger partial charge in [-0.25, -0.2) is 9.78 Å². The second-order valence-corrected chi connectivity index (χ2v) is 6.83. The molecule has 0 aliphatic carbocycles.